The van der Waals surface area contributed by atoms with E-state index in [1.54, 1.807) is 0 Å². The molecular formula is C14H20BrNO. The van der Waals surface area contributed by atoms with Gasteiger partial charge < -0.3 is 9.64 Å². The lowest BCUT2D eigenvalue weighted by molar-refractivity contribution is 0.282. The number of hydrogen-bond acceptors (Lipinski definition) is 2. The van der Waals surface area contributed by atoms with Gasteiger partial charge in [0.05, 0.1) is 6.61 Å². The molecule has 0 N–H and O–H groups in total. The van der Waals surface area contributed by atoms with Crippen LogP contribution in [-0.4, -0.2) is 36.5 Å². The third kappa shape index (κ3) is 3.23. The Balaban J connectivity index is 1.91. The van der Waals surface area contributed by atoms with Crippen LogP contribution < -0.4 is 4.74 Å². The van der Waals surface area contributed by atoms with E-state index in [0.717, 1.165) is 37.1 Å². The van der Waals surface area contributed by atoms with Gasteiger partial charge in [-0.1, -0.05) is 28.1 Å². The molecule has 94 valence electrons. The van der Waals surface area contributed by atoms with Crippen molar-refractivity contribution >= 4 is 15.9 Å². The summed E-state index contributed by atoms with van der Waals surface area (Å²) in [5.74, 6) is 1.08. The van der Waals surface area contributed by atoms with E-state index >= 15 is 0 Å². The fourth-order valence-electron chi connectivity index (χ4n) is 2.04. The predicted octanol–water partition coefficient (Wildman–Crippen LogP) is 2.88. The third-order valence-corrected chi connectivity index (χ3v) is 4.42. The van der Waals surface area contributed by atoms with E-state index in [9.17, 15) is 0 Å². The number of rotatable bonds is 5. The van der Waals surface area contributed by atoms with Crippen LogP contribution in [0.15, 0.2) is 18.2 Å². The molecule has 0 fully saturated rings. The zero-order valence-electron chi connectivity index (χ0n) is 10.6. The van der Waals surface area contributed by atoms with Crippen LogP contribution >= 0.6 is 15.9 Å². The summed E-state index contributed by atoms with van der Waals surface area (Å²) in [5, 5.41) is 1.03. The highest BCUT2D eigenvalue weighted by atomic mass is 79.9. The second-order valence-electron chi connectivity index (χ2n) is 4.77. The first-order valence-electron chi connectivity index (χ1n) is 6.21. The molecule has 1 aliphatic rings. The van der Waals surface area contributed by atoms with E-state index in [1.165, 1.54) is 11.1 Å². The minimum absolute atomic E-state index is 0.591. The number of fused-ring (bicyclic) bond motifs is 1. The second-order valence-corrected chi connectivity index (χ2v) is 5.42. The second kappa shape index (κ2) is 5.87. The Bertz CT molecular complexity index is 380. The summed E-state index contributed by atoms with van der Waals surface area (Å²) in [4.78, 5) is 2.39. The summed E-state index contributed by atoms with van der Waals surface area (Å²) in [6, 6.07) is 7.20. The SMILES string of the molecule is CC(CBr)N(C)CCc1ccc2c(c1)CCO2. The van der Waals surface area contributed by atoms with Crippen molar-refractivity contribution in [3.63, 3.8) is 0 Å². The van der Waals surface area contributed by atoms with Gasteiger partial charge in [0.1, 0.15) is 5.75 Å². The molecule has 0 aliphatic carbocycles. The summed E-state index contributed by atoms with van der Waals surface area (Å²) >= 11 is 3.52. The van der Waals surface area contributed by atoms with Gasteiger partial charge in [0, 0.05) is 24.3 Å². The lowest BCUT2D eigenvalue weighted by atomic mass is 10.1. The molecule has 0 amide bonds. The van der Waals surface area contributed by atoms with Gasteiger partial charge in [-0.25, -0.2) is 0 Å². The highest BCUT2D eigenvalue weighted by molar-refractivity contribution is 9.09. The molecule has 2 rings (SSSR count). The van der Waals surface area contributed by atoms with Crippen molar-refractivity contribution in [1.29, 1.82) is 0 Å². The quantitative estimate of drug-likeness (QED) is 0.775. The number of likely N-dealkylation sites (N-methyl/N-ethyl adjacent to an activating group) is 1. The van der Waals surface area contributed by atoms with Gasteiger partial charge in [0.15, 0.2) is 0 Å². The summed E-state index contributed by atoms with van der Waals surface area (Å²) in [5.41, 5.74) is 2.79. The normalized spacial score (nSPS) is 15.8. The van der Waals surface area contributed by atoms with Crippen LogP contribution in [0.1, 0.15) is 18.1 Å². The summed E-state index contributed by atoms with van der Waals surface area (Å²) in [6.07, 6.45) is 2.18. The first-order chi connectivity index (χ1) is 8.20. The van der Waals surface area contributed by atoms with Gasteiger partial charge in [-0.2, -0.15) is 0 Å². The average Bonchev–Trinajstić information content (AvgIpc) is 2.82. The number of benzene rings is 1. The van der Waals surface area contributed by atoms with Crippen LogP contribution in [0.5, 0.6) is 5.75 Å². The number of nitrogens with zero attached hydrogens (tertiary/aromatic N) is 1. The molecule has 0 spiro atoms. The van der Waals surface area contributed by atoms with Gasteiger partial charge in [0.25, 0.3) is 0 Å². The van der Waals surface area contributed by atoms with Crippen molar-refractivity contribution in [2.45, 2.75) is 25.8 Å². The molecule has 1 aliphatic heterocycles. The molecule has 0 radical (unpaired) electrons. The molecule has 3 heteroatoms. The van der Waals surface area contributed by atoms with Crippen LogP contribution in [0, 0.1) is 0 Å². The standard InChI is InChI=1S/C14H20BrNO/c1-11(10-15)16(2)7-5-12-3-4-14-13(9-12)6-8-17-14/h3-4,9,11H,5-8,10H2,1-2H3. The van der Waals surface area contributed by atoms with E-state index in [-0.39, 0.29) is 0 Å². The number of ether oxygens (including phenoxy) is 1. The highest BCUT2D eigenvalue weighted by Crippen LogP contribution is 2.26. The largest absolute Gasteiger partial charge is 0.493 e. The Morgan fingerprint density at radius 1 is 1.47 bits per heavy atom. The minimum atomic E-state index is 0.591. The molecule has 1 unspecified atom stereocenters. The molecule has 1 aromatic carbocycles. The molecule has 1 heterocycles. The number of halogens is 1. The topological polar surface area (TPSA) is 12.5 Å². The number of hydrogen-bond donors (Lipinski definition) is 0. The summed E-state index contributed by atoms with van der Waals surface area (Å²) in [6.45, 7) is 4.19. The third-order valence-electron chi connectivity index (χ3n) is 3.48. The predicted molar refractivity (Wildman–Crippen MR) is 75.2 cm³/mol. The Hall–Kier alpha value is -0.540. The van der Waals surface area contributed by atoms with Gasteiger partial charge in [-0.15, -0.1) is 0 Å². The Kier molecular flexibility index (Phi) is 4.46. The van der Waals surface area contributed by atoms with Crippen molar-refractivity contribution in [3.8, 4) is 5.75 Å². The molecule has 1 aromatic rings. The molecule has 17 heavy (non-hydrogen) atoms. The van der Waals surface area contributed by atoms with Crippen LogP contribution in [0.4, 0.5) is 0 Å². The smallest absolute Gasteiger partial charge is 0.122 e. The van der Waals surface area contributed by atoms with E-state index in [4.69, 9.17) is 4.74 Å². The van der Waals surface area contributed by atoms with Crippen LogP contribution in [0.2, 0.25) is 0 Å². The average molecular weight is 298 g/mol. The first-order valence-corrected chi connectivity index (χ1v) is 7.33. The van der Waals surface area contributed by atoms with Crippen molar-refractivity contribution in [1.82, 2.24) is 4.90 Å². The highest BCUT2D eigenvalue weighted by Gasteiger charge is 2.12. The van der Waals surface area contributed by atoms with Gasteiger partial charge in [-0.3, -0.25) is 0 Å². The van der Waals surface area contributed by atoms with Crippen LogP contribution in [0.3, 0.4) is 0 Å². The molecule has 0 aromatic heterocycles. The van der Waals surface area contributed by atoms with E-state index in [0.29, 0.717) is 6.04 Å². The lowest BCUT2D eigenvalue weighted by Crippen LogP contribution is -2.32. The van der Waals surface area contributed by atoms with E-state index in [2.05, 4.69) is 53.0 Å². The molecule has 1 atom stereocenters. The van der Waals surface area contributed by atoms with Crippen LogP contribution in [0.25, 0.3) is 0 Å². The summed E-state index contributed by atoms with van der Waals surface area (Å²) < 4.78 is 5.52. The molecule has 2 nitrogen and oxygen atoms in total. The fraction of sp³-hybridized carbons (Fsp3) is 0.571. The van der Waals surface area contributed by atoms with Crippen LogP contribution in [-0.2, 0) is 12.8 Å². The molecule has 0 saturated carbocycles. The van der Waals surface area contributed by atoms with Gasteiger partial charge in [0.2, 0.25) is 0 Å². The Morgan fingerprint density at radius 2 is 2.29 bits per heavy atom. The Labute approximate surface area is 112 Å². The molecule has 0 bridgehead atoms. The maximum absolute atomic E-state index is 5.52. The van der Waals surface area contributed by atoms with Gasteiger partial charge in [-0.05, 0) is 37.6 Å². The van der Waals surface area contributed by atoms with Gasteiger partial charge >= 0.3 is 0 Å². The van der Waals surface area contributed by atoms with Crippen molar-refractivity contribution in [2.75, 3.05) is 25.5 Å². The maximum atomic E-state index is 5.52. The molecular weight excluding hydrogens is 278 g/mol. The lowest BCUT2D eigenvalue weighted by Gasteiger charge is -2.22. The maximum Gasteiger partial charge on any atom is 0.122 e. The van der Waals surface area contributed by atoms with Crippen molar-refractivity contribution in [2.24, 2.45) is 0 Å². The first kappa shape index (κ1) is 12.9. The van der Waals surface area contributed by atoms with E-state index in [1.807, 2.05) is 0 Å². The molecule has 0 saturated heterocycles. The monoisotopic (exact) mass is 297 g/mol. The Morgan fingerprint density at radius 3 is 3.06 bits per heavy atom. The minimum Gasteiger partial charge on any atom is -0.493 e. The van der Waals surface area contributed by atoms with Crippen molar-refractivity contribution in [3.05, 3.63) is 29.3 Å². The zero-order valence-corrected chi connectivity index (χ0v) is 12.2. The summed E-state index contributed by atoms with van der Waals surface area (Å²) in [7, 11) is 2.18. The fourth-order valence-corrected chi connectivity index (χ4v) is 2.53. The number of alkyl halides is 1. The van der Waals surface area contributed by atoms with Crippen molar-refractivity contribution < 1.29 is 4.74 Å². The van der Waals surface area contributed by atoms with E-state index < -0.39 is 0 Å². The zero-order chi connectivity index (χ0) is 12.3.